The van der Waals surface area contributed by atoms with Crippen LogP contribution in [0, 0.1) is 0 Å². The molecule has 1 spiro atoms. The predicted octanol–water partition coefficient (Wildman–Crippen LogP) is 1.23. The van der Waals surface area contributed by atoms with Crippen LogP contribution in [0.25, 0.3) is 5.65 Å². The van der Waals surface area contributed by atoms with Crippen molar-refractivity contribution in [3.8, 4) is 0 Å². The van der Waals surface area contributed by atoms with Crippen LogP contribution in [0.1, 0.15) is 13.3 Å². The maximum Gasteiger partial charge on any atom is 0.177 e. The fraction of sp³-hybridized carbons (Fsp3) is 0.615. The lowest BCUT2D eigenvalue weighted by atomic mass is 9.93. The van der Waals surface area contributed by atoms with E-state index in [2.05, 4.69) is 38.9 Å². The number of fused-ring (bicyclic) bond motifs is 1. The van der Waals surface area contributed by atoms with Crippen molar-refractivity contribution in [2.45, 2.75) is 24.2 Å². The summed E-state index contributed by atoms with van der Waals surface area (Å²) in [6, 6.07) is 3.99. The quantitative estimate of drug-likeness (QED) is 0.847. The highest BCUT2D eigenvalue weighted by Gasteiger charge is 2.49. The van der Waals surface area contributed by atoms with Gasteiger partial charge in [0, 0.05) is 25.4 Å². The van der Waals surface area contributed by atoms with E-state index in [0.717, 1.165) is 43.3 Å². The van der Waals surface area contributed by atoms with Gasteiger partial charge in [0.2, 0.25) is 0 Å². The zero-order chi connectivity index (χ0) is 13.6. The molecule has 20 heavy (non-hydrogen) atoms. The molecular formula is C13H17N5OS. The van der Waals surface area contributed by atoms with Crippen molar-refractivity contribution in [1.82, 2.24) is 19.8 Å². The molecule has 6 nitrogen and oxygen atoms in total. The second-order valence-corrected chi connectivity index (χ2v) is 6.94. The first-order chi connectivity index (χ1) is 9.78. The van der Waals surface area contributed by atoms with E-state index in [0.29, 0.717) is 10.9 Å². The Hall–Kier alpha value is -1.34. The van der Waals surface area contributed by atoms with Gasteiger partial charge in [-0.05, 0) is 25.5 Å². The summed E-state index contributed by atoms with van der Waals surface area (Å²) in [5.41, 5.74) is 0.788. The molecule has 0 saturated carbocycles. The van der Waals surface area contributed by atoms with Crippen LogP contribution < -0.4 is 4.90 Å². The Kier molecular flexibility index (Phi) is 2.85. The summed E-state index contributed by atoms with van der Waals surface area (Å²) < 4.78 is 7.85. The van der Waals surface area contributed by atoms with Crippen molar-refractivity contribution in [1.29, 1.82) is 0 Å². The highest BCUT2D eigenvalue weighted by atomic mass is 32.2. The average molecular weight is 291 g/mol. The molecule has 2 aromatic rings. The molecule has 2 aromatic heterocycles. The lowest BCUT2D eigenvalue weighted by Crippen LogP contribution is -2.59. The van der Waals surface area contributed by atoms with E-state index in [1.54, 1.807) is 10.8 Å². The summed E-state index contributed by atoms with van der Waals surface area (Å²) in [5.74, 6) is 2.13. The molecule has 4 heterocycles. The minimum absolute atomic E-state index is 0.379. The smallest absolute Gasteiger partial charge is 0.177 e. The van der Waals surface area contributed by atoms with Crippen LogP contribution in [0.15, 0.2) is 18.5 Å². The van der Waals surface area contributed by atoms with Crippen molar-refractivity contribution in [3.05, 3.63) is 18.5 Å². The number of rotatable bonds is 3. The molecule has 0 unspecified atom stereocenters. The first-order valence-corrected chi connectivity index (χ1v) is 7.94. The molecule has 7 heteroatoms. The number of nitrogens with zero attached hydrogens (tertiary/aromatic N) is 5. The number of thioether (sulfide) groups is 1. The fourth-order valence-corrected chi connectivity index (χ4v) is 4.62. The van der Waals surface area contributed by atoms with E-state index in [1.807, 2.05) is 12.1 Å². The Labute approximate surface area is 121 Å². The van der Waals surface area contributed by atoms with Gasteiger partial charge in [-0.3, -0.25) is 0 Å². The number of ether oxygens (including phenoxy) is 1. The van der Waals surface area contributed by atoms with Crippen LogP contribution in [0.2, 0.25) is 0 Å². The van der Waals surface area contributed by atoms with Gasteiger partial charge < -0.3 is 9.64 Å². The summed E-state index contributed by atoms with van der Waals surface area (Å²) in [6.07, 6.45) is 3.24. The number of aromatic nitrogens is 4. The maximum absolute atomic E-state index is 5.75. The molecule has 2 fully saturated rings. The largest absolute Gasteiger partial charge is 0.378 e. The Morgan fingerprint density at radius 3 is 3.20 bits per heavy atom. The number of anilines is 1. The van der Waals surface area contributed by atoms with Gasteiger partial charge in [-0.1, -0.05) is 0 Å². The predicted molar refractivity (Wildman–Crippen MR) is 78.2 cm³/mol. The highest BCUT2D eigenvalue weighted by molar-refractivity contribution is 8.01. The number of hydrogen-bond acceptors (Lipinski definition) is 6. The molecule has 0 N–H and O–H groups in total. The van der Waals surface area contributed by atoms with Crippen molar-refractivity contribution in [3.63, 3.8) is 0 Å². The molecule has 2 aliphatic heterocycles. The SMILES string of the molecule is CCO[C@@H]1CSC2(C1)CN(c1ccc3nncn3n1)C2. The van der Waals surface area contributed by atoms with Crippen molar-refractivity contribution in [2.75, 3.05) is 30.3 Å². The van der Waals surface area contributed by atoms with Gasteiger partial charge in [-0.2, -0.15) is 4.52 Å². The molecule has 0 amide bonds. The van der Waals surface area contributed by atoms with Crippen molar-refractivity contribution < 1.29 is 4.74 Å². The highest BCUT2D eigenvalue weighted by Crippen LogP contribution is 2.46. The van der Waals surface area contributed by atoms with Gasteiger partial charge in [0.05, 0.1) is 10.9 Å². The second kappa shape index (κ2) is 4.60. The minimum atomic E-state index is 0.379. The summed E-state index contributed by atoms with van der Waals surface area (Å²) >= 11 is 2.06. The molecule has 4 rings (SSSR count). The van der Waals surface area contributed by atoms with Gasteiger partial charge in [0.25, 0.3) is 0 Å². The molecule has 1 atom stereocenters. The molecular weight excluding hydrogens is 274 g/mol. The first kappa shape index (κ1) is 12.4. The standard InChI is InChI=1S/C13H17N5OS/c1-2-19-10-5-13(20-6-10)7-17(8-13)12-4-3-11-15-14-9-18(11)16-12/h3-4,9-10H,2,5-8H2,1H3/t10-/m0/s1. The molecule has 0 bridgehead atoms. The van der Waals surface area contributed by atoms with Crippen LogP contribution in [0.3, 0.4) is 0 Å². The minimum Gasteiger partial charge on any atom is -0.378 e. The van der Waals surface area contributed by atoms with Crippen LogP contribution in [0.4, 0.5) is 5.82 Å². The van der Waals surface area contributed by atoms with E-state index in [4.69, 9.17) is 4.74 Å². The third kappa shape index (κ3) is 1.96. The van der Waals surface area contributed by atoms with E-state index in [-0.39, 0.29) is 0 Å². The molecule has 0 aromatic carbocycles. The topological polar surface area (TPSA) is 55.5 Å². The molecule has 0 aliphatic carbocycles. The Balaban J connectivity index is 1.45. The normalized spacial score (nSPS) is 24.4. The Morgan fingerprint density at radius 1 is 1.45 bits per heavy atom. The molecule has 0 radical (unpaired) electrons. The number of hydrogen-bond donors (Lipinski definition) is 0. The third-order valence-corrected chi connectivity index (χ3v) is 5.58. The van der Waals surface area contributed by atoms with Gasteiger partial charge >= 0.3 is 0 Å². The van der Waals surface area contributed by atoms with Gasteiger partial charge in [0.15, 0.2) is 5.65 Å². The van der Waals surface area contributed by atoms with E-state index in [1.165, 1.54) is 0 Å². The van der Waals surface area contributed by atoms with E-state index >= 15 is 0 Å². The summed E-state index contributed by atoms with van der Waals surface area (Å²) in [5, 5.41) is 12.4. The Bertz CT molecular complexity index is 624. The van der Waals surface area contributed by atoms with Gasteiger partial charge in [0.1, 0.15) is 12.1 Å². The second-order valence-electron chi connectivity index (χ2n) is 5.46. The average Bonchev–Trinajstić information content (AvgIpc) is 3.02. The van der Waals surface area contributed by atoms with Gasteiger partial charge in [-0.15, -0.1) is 27.1 Å². The molecule has 2 aliphatic rings. The Morgan fingerprint density at radius 2 is 2.35 bits per heavy atom. The zero-order valence-electron chi connectivity index (χ0n) is 11.4. The first-order valence-electron chi connectivity index (χ1n) is 6.96. The van der Waals surface area contributed by atoms with Crippen LogP contribution in [-0.2, 0) is 4.74 Å². The third-order valence-electron chi connectivity index (χ3n) is 4.01. The zero-order valence-corrected chi connectivity index (χ0v) is 12.2. The molecule has 2 saturated heterocycles. The van der Waals surface area contributed by atoms with Crippen molar-refractivity contribution >= 4 is 23.2 Å². The maximum atomic E-state index is 5.75. The van der Waals surface area contributed by atoms with Crippen LogP contribution >= 0.6 is 11.8 Å². The van der Waals surface area contributed by atoms with Gasteiger partial charge in [-0.25, -0.2) is 0 Å². The van der Waals surface area contributed by atoms with Crippen molar-refractivity contribution in [2.24, 2.45) is 0 Å². The van der Waals surface area contributed by atoms with Crippen LogP contribution in [0.5, 0.6) is 0 Å². The monoisotopic (exact) mass is 291 g/mol. The summed E-state index contributed by atoms with van der Waals surface area (Å²) in [4.78, 5) is 2.32. The van der Waals surface area contributed by atoms with E-state index < -0.39 is 0 Å². The summed E-state index contributed by atoms with van der Waals surface area (Å²) in [6.45, 7) is 5.00. The fourth-order valence-electron chi connectivity index (χ4n) is 3.06. The van der Waals surface area contributed by atoms with E-state index in [9.17, 15) is 0 Å². The van der Waals surface area contributed by atoms with Crippen LogP contribution in [-0.4, -0.2) is 56.1 Å². The molecule has 106 valence electrons. The lowest BCUT2D eigenvalue weighted by molar-refractivity contribution is 0.0699. The lowest BCUT2D eigenvalue weighted by Gasteiger charge is -2.48. The summed E-state index contributed by atoms with van der Waals surface area (Å²) in [7, 11) is 0.